The van der Waals surface area contributed by atoms with Gasteiger partial charge in [-0.05, 0) is 51.9 Å². The Bertz CT molecular complexity index is 523. The highest BCUT2D eigenvalue weighted by molar-refractivity contribution is 5.84. The summed E-state index contributed by atoms with van der Waals surface area (Å²) in [4.78, 5) is 0. The van der Waals surface area contributed by atoms with Crippen molar-refractivity contribution in [1.82, 2.24) is 9.88 Å². The van der Waals surface area contributed by atoms with Crippen LogP contribution in [0.4, 0.5) is 0 Å². The lowest BCUT2D eigenvalue weighted by molar-refractivity contribution is 0.619. The maximum atomic E-state index is 3.29. The first kappa shape index (κ1) is 12.2. The van der Waals surface area contributed by atoms with Crippen LogP contribution in [0.5, 0.6) is 0 Å². The van der Waals surface area contributed by atoms with E-state index in [4.69, 9.17) is 0 Å². The number of nitrogens with one attached hydrogen (secondary N) is 1. The molecule has 0 fully saturated rings. The molecule has 17 heavy (non-hydrogen) atoms. The second-order valence-corrected chi connectivity index (χ2v) is 5.10. The number of rotatable bonds is 3. The van der Waals surface area contributed by atoms with Crippen LogP contribution >= 0.6 is 0 Å². The van der Waals surface area contributed by atoms with Crippen molar-refractivity contribution in [3.05, 3.63) is 35.5 Å². The van der Waals surface area contributed by atoms with E-state index in [-0.39, 0.29) is 0 Å². The molecule has 1 atom stereocenters. The van der Waals surface area contributed by atoms with Crippen molar-refractivity contribution in [3.8, 4) is 0 Å². The fraction of sp³-hybridized carbons (Fsp3) is 0.467. The van der Waals surface area contributed by atoms with Gasteiger partial charge in [0.05, 0.1) is 0 Å². The molecule has 0 saturated heterocycles. The lowest BCUT2D eigenvalue weighted by Gasteiger charge is -2.13. The number of hydrogen-bond donors (Lipinski definition) is 1. The van der Waals surface area contributed by atoms with E-state index < -0.39 is 0 Å². The Morgan fingerprint density at radius 2 is 1.88 bits per heavy atom. The highest BCUT2D eigenvalue weighted by Gasteiger charge is 2.10. The third-order valence-corrected chi connectivity index (χ3v) is 3.55. The smallest absolute Gasteiger partial charge is 0.0488 e. The van der Waals surface area contributed by atoms with Gasteiger partial charge in [-0.15, -0.1) is 0 Å². The molecule has 0 spiro atoms. The van der Waals surface area contributed by atoms with E-state index in [9.17, 15) is 0 Å². The molecule has 1 unspecified atom stereocenters. The molecule has 2 nitrogen and oxygen atoms in total. The zero-order chi connectivity index (χ0) is 12.6. The van der Waals surface area contributed by atoms with Crippen LogP contribution in [0.15, 0.2) is 24.4 Å². The SMILES string of the molecule is CNC(C)c1ccc2c(C)cn(C(C)C)c2c1. The van der Waals surface area contributed by atoms with E-state index in [0.717, 1.165) is 0 Å². The minimum absolute atomic E-state index is 0.398. The molecule has 2 aromatic rings. The minimum atomic E-state index is 0.398. The molecule has 1 N–H and O–H groups in total. The third kappa shape index (κ3) is 2.09. The molecule has 0 radical (unpaired) electrons. The Balaban J connectivity index is 2.62. The largest absolute Gasteiger partial charge is 0.345 e. The first-order valence-corrected chi connectivity index (χ1v) is 6.33. The lowest BCUT2D eigenvalue weighted by Crippen LogP contribution is -2.12. The van der Waals surface area contributed by atoms with Gasteiger partial charge in [0.25, 0.3) is 0 Å². The summed E-state index contributed by atoms with van der Waals surface area (Å²) >= 11 is 0. The Morgan fingerprint density at radius 3 is 2.47 bits per heavy atom. The van der Waals surface area contributed by atoms with Crippen molar-refractivity contribution in [2.45, 2.75) is 39.8 Å². The van der Waals surface area contributed by atoms with Crippen molar-refractivity contribution in [1.29, 1.82) is 0 Å². The Kier molecular flexibility index (Phi) is 3.25. The van der Waals surface area contributed by atoms with E-state index >= 15 is 0 Å². The third-order valence-electron chi connectivity index (χ3n) is 3.55. The molecular formula is C15H22N2. The molecule has 0 saturated carbocycles. The average molecular weight is 230 g/mol. The van der Waals surface area contributed by atoms with Crippen LogP contribution in [-0.4, -0.2) is 11.6 Å². The van der Waals surface area contributed by atoms with Crippen LogP contribution in [-0.2, 0) is 0 Å². The maximum Gasteiger partial charge on any atom is 0.0488 e. The topological polar surface area (TPSA) is 17.0 Å². The van der Waals surface area contributed by atoms with Gasteiger partial charge in [0.1, 0.15) is 0 Å². The van der Waals surface area contributed by atoms with Crippen LogP contribution in [0.1, 0.15) is 44.0 Å². The van der Waals surface area contributed by atoms with Crippen molar-refractivity contribution in [2.75, 3.05) is 7.05 Å². The summed E-state index contributed by atoms with van der Waals surface area (Å²) < 4.78 is 2.36. The Hall–Kier alpha value is -1.28. The summed E-state index contributed by atoms with van der Waals surface area (Å²) in [5, 5.41) is 4.66. The number of aryl methyl sites for hydroxylation is 1. The van der Waals surface area contributed by atoms with Crippen LogP contribution in [0.3, 0.4) is 0 Å². The van der Waals surface area contributed by atoms with Gasteiger partial charge >= 0.3 is 0 Å². The van der Waals surface area contributed by atoms with Crippen molar-refractivity contribution in [3.63, 3.8) is 0 Å². The standard InChI is InChI=1S/C15H22N2/c1-10(2)17-9-11(3)14-7-6-13(8-15(14)17)12(4)16-5/h6-10,12,16H,1-5H3. The molecule has 2 heteroatoms. The maximum absolute atomic E-state index is 3.29. The molecule has 0 aliphatic carbocycles. The minimum Gasteiger partial charge on any atom is -0.345 e. The first-order valence-electron chi connectivity index (χ1n) is 6.33. The van der Waals surface area contributed by atoms with Gasteiger partial charge in [-0.1, -0.05) is 12.1 Å². The van der Waals surface area contributed by atoms with Gasteiger partial charge in [0.2, 0.25) is 0 Å². The van der Waals surface area contributed by atoms with Gasteiger partial charge in [0.15, 0.2) is 0 Å². The van der Waals surface area contributed by atoms with Gasteiger partial charge in [-0.2, -0.15) is 0 Å². The molecule has 92 valence electrons. The average Bonchev–Trinajstić information content (AvgIpc) is 2.65. The zero-order valence-corrected chi connectivity index (χ0v) is 11.4. The number of fused-ring (bicyclic) bond motifs is 1. The van der Waals surface area contributed by atoms with E-state index in [1.165, 1.54) is 22.0 Å². The predicted octanol–water partition coefficient (Wildman–Crippen LogP) is 3.81. The number of nitrogens with zero attached hydrogens (tertiary/aromatic N) is 1. The summed E-state index contributed by atoms with van der Waals surface area (Å²) in [6.45, 7) is 8.83. The van der Waals surface area contributed by atoms with Gasteiger partial charge < -0.3 is 9.88 Å². The van der Waals surface area contributed by atoms with E-state index in [1.54, 1.807) is 0 Å². The molecule has 1 heterocycles. The quantitative estimate of drug-likeness (QED) is 0.848. The zero-order valence-electron chi connectivity index (χ0n) is 11.4. The fourth-order valence-electron chi connectivity index (χ4n) is 2.31. The highest BCUT2D eigenvalue weighted by Crippen LogP contribution is 2.27. The summed E-state index contributed by atoms with van der Waals surface area (Å²) in [7, 11) is 2.00. The van der Waals surface area contributed by atoms with Crippen LogP contribution < -0.4 is 5.32 Å². The fourth-order valence-corrected chi connectivity index (χ4v) is 2.31. The number of aromatic nitrogens is 1. The van der Waals surface area contributed by atoms with Crippen molar-refractivity contribution >= 4 is 10.9 Å². The molecule has 2 rings (SSSR count). The van der Waals surface area contributed by atoms with E-state index in [2.05, 4.69) is 62.0 Å². The van der Waals surface area contributed by atoms with Crippen LogP contribution in [0, 0.1) is 6.92 Å². The van der Waals surface area contributed by atoms with Crippen molar-refractivity contribution < 1.29 is 0 Å². The molecule has 1 aromatic heterocycles. The predicted molar refractivity (Wildman–Crippen MR) is 74.5 cm³/mol. The summed E-state index contributed by atoms with van der Waals surface area (Å²) in [5.74, 6) is 0. The second-order valence-electron chi connectivity index (χ2n) is 5.10. The summed E-state index contributed by atoms with van der Waals surface area (Å²) in [6, 6.07) is 7.68. The molecule has 0 aliphatic rings. The Morgan fingerprint density at radius 1 is 1.18 bits per heavy atom. The molecule has 0 amide bonds. The van der Waals surface area contributed by atoms with E-state index in [1.807, 2.05) is 7.05 Å². The number of hydrogen-bond acceptors (Lipinski definition) is 1. The highest BCUT2D eigenvalue weighted by atomic mass is 15.0. The molecule has 0 aliphatic heterocycles. The normalized spacial score (nSPS) is 13.5. The second kappa shape index (κ2) is 4.53. The molecule has 0 bridgehead atoms. The summed E-state index contributed by atoms with van der Waals surface area (Å²) in [5.41, 5.74) is 4.05. The Labute approximate surface area is 104 Å². The summed E-state index contributed by atoms with van der Waals surface area (Å²) in [6.07, 6.45) is 2.25. The van der Waals surface area contributed by atoms with Gasteiger partial charge in [-0.25, -0.2) is 0 Å². The van der Waals surface area contributed by atoms with Crippen molar-refractivity contribution in [2.24, 2.45) is 0 Å². The lowest BCUT2D eigenvalue weighted by atomic mass is 10.1. The van der Waals surface area contributed by atoms with Gasteiger partial charge in [0, 0.05) is 29.2 Å². The molecular weight excluding hydrogens is 208 g/mol. The monoisotopic (exact) mass is 230 g/mol. The van der Waals surface area contributed by atoms with Gasteiger partial charge in [-0.3, -0.25) is 0 Å². The number of benzene rings is 1. The van der Waals surface area contributed by atoms with E-state index in [0.29, 0.717) is 12.1 Å². The first-order chi connectivity index (χ1) is 8.04. The van der Waals surface area contributed by atoms with Crippen LogP contribution in [0.2, 0.25) is 0 Å². The molecule has 1 aromatic carbocycles. The van der Waals surface area contributed by atoms with Crippen LogP contribution in [0.25, 0.3) is 10.9 Å².